The van der Waals surface area contributed by atoms with E-state index in [-0.39, 0.29) is 12.5 Å². The number of aliphatic hydroxyl groups excluding tert-OH is 1. The lowest BCUT2D eigenvalue weighted by Gasteiger charge is -2.24. The highest BCUT2D eigenvalue weighted by atomic mass is 32.1. The summed E-state index contributed by atoms with van der Waals surface area (Å²) in [6.45, 7) is 3.05. The fraction of sp³-hybridized carbons (Fsp3) is 0.565. The van der Waals surface area contributed by atoms with E-state index in [0.29, 0.717) is 6.42 Å². The number of thiocarbonyl (C=S) groups is 1. The van der Waals surface area contributed by atoms with Crippen LogP contribution in [0.3, 0.4) is 0 Å². The summed E-state index contributed by atoms with van der Waals surface area (Å²) in [5.41, 5.74) is 2.46. The van der Waals surface area contributed by atoms with Gasteiger partial charge < -0.3 is 15.1 Å². The van der Waals surface area contributed by atoms with Gasteiger partial charge in [0.2, 0.25) is 0 Å². The van der Waals surface area contributed by atoms with Crippen LogP contribution in [-0.4, -0.2) is 44.8 Å². The van der Waals surface area contributed by atoms with Crippen LogP contribution in [0.15, 0.2) is 36.4 Å². The number of hydrogen-bond acceptors (Lipinski definition) is 3. The van der Waals surface area contributed by atoms with Gasteiger partial charge >= 0.3 is 5.97 Å². The number of aliphatic hydroxyl groups is 1. The Hall–Kier alpha value is -1.72. The van der Waals surface area contributed by atoms with Crippen molar-refractivity contribution in [1.82, 2.24) is 4.90 Å². The molecule has 2 rings (SSSR count). The minimum Gasteiger partial charge on any atom is -0.481 e. The fourth-order valence-electron chi connectivity index (χ4n) is 3.70. The summed E-state index contributed by atoms with van der Waals surface area (Å²) in [5, 5.41) is 19.1. The predicted octanol–water partition coefficient (Wildman–Crippen LogP) is 4.54. The lowest BCUT2D eigenvalue weighted by molar-refractivity contribution is -0.137. The van der Waals surface area contributed by atoms with Crippen LogP contribution in [0.4, 0.5) is 0 Å². The highest BCUT2D eigenvalue weighted by Gasteiger charge is 2.25. The van der Waals surface area contributed by atoms with Crippen molar-refractivity contribution in [3.8, 4) is 0 Å². The van der Waals surface area contributed by atoms with E-state index < -0.39 is 12.1 Å². The number of aryl methyl sites for hydroxylation is 1. The third-order valence-electron chi connectivity index (χ3n) is 5.31. The Morgan fingerprint density at radius 2 is 2.04 bits per heavy atom. The zero-order chi connectivity index (χ0) is 20.4. The summed E-state index contributed by atoms with van der Waals surface area (Å²) in [6.07, 6.45) is 11.1. The molecule has 0 amide bonds. The van der Waals surface area contributed by atoms with Crippen molar-refractivity contribution in [3.63, 3.8) is 0 Å². The van der Waals surface area contributed by atoms with Gasteiger partial charge in [-0.15, -0.1) is 0 Å². The van der Waals surface area contributed by atoms with Gasteiger partial charge in [0.15, 0.2) is 0 Å². The second kappa shape index (κ2) is 12.0. The Kier molecular flexibility index (Phi) is 9.65. The number of hydrogen-bond donors (Lipinski definition) is 2. The molecule has 1 heterocycles. The first-order valence-electron chi connectivity index (χ1n) is 10.4. The van der Waals surface area contributed by atoms with Crippen LogP contribution in [0.25, 0.3) is 0 Å². The number of carbonyl (C=O) groups is 1. The molecule has 2 N–H and O–H groups in total. The van der Waals surface area contributed by atoms with E-state index in [2.05, 4.69) is 42.2 Å². The van der Waals surface area contributed by atoms with Gasteiger partial charge in [-0.3, -0.25) is 4.79 Å². The number of nitrogens with zero attached hydrogens (tertiary/aromatic N) is 1. The van der Waals surface area contributed by atoms with E-state index >= 15 is 0 Å². The number of benzene rings is 1. The number of carboxylic acid groups (broad SMARTS) is 1. The van der Waals surface area contributed by atoms with Gasteiger partial charge in [0.05, 0.1) is 11.1 Å². The molecule has 0 spiro atoms. The maximum Gasteiger partial charge on any atom is 0.303 e. The summed E-state index contributed by atoms with van der Waals surface area (Å²) >= 11 is 5.52. The summed E-state index contributed by atoms with van der Waals surface area (Å²) in [6, 6.07) is 8.67. The molecule has 1 saturated heterocycles. The van der Waals surface area contributed by atoms with Gasteiger partial charge in [0.25, 0.3) is 0 Å². The minimum absolute atomic E-state index is 0.256. The van der Waals surface area contributed by atoms with Gasteiger partial charge in [-0.05, 0) is 36.8 Å². The number of rotatable bonds is 12. The Morgan fingerprint density at radius 3 is 2.79 bits per heavy atom. The minimum atomic E-state index is -0.717. The smallest absolute Gasteiger partial charge is 0.303 e. The quantitative estimate of drug-likeness (QED) is 0.305. The number of unbranched alkanes of at least 4 members (excludes halogenated alkanes) is 3. The monoisotopic (exact) mass is 403 g/mol. The van der Waals surface area contributed by atoms with Crippen molar-refractivity contribution < 1.29 is 15.0 Å². The first-order chi connectivity index (χ1) is 13.5. The van der Waals surface area contributed by atoms with Gasteiger partial charge in [0.1, 0.15) is 0 Å². The Labute approximate surface area is 174 Å². The van der Waals surface area contributed by atoms with Crippen LogP contribution in [0.5, 0.6) is 0 Å². The van der Waals surface area contributed by atoms with Crippen molar-refractivity contribution in [3.05, 3.63) is 47.5 Å². The summed E-state index contributed by atoms with van der Waals surface area (Å²) < 4.78 is 0. The molecule has 1 aromatic rings. The van der Waals surface area contributed by atoms with Crippen molar-refractivity contribution in [2.45, 2.75) is 76.9 Å². The van der Waals surface area contributed by atoms with Crippen LogP contribution in [0.2, 0.25) is 0 Å². The molecule has 1 fully saturated rings. The standard InChI is InChI=1S/C23H33NO3S/c1-2-18-8-7-9-19(16-18)17-21(25)13-11-20-12-14-22(28)24(20)15-6-4-3-5-10-23(26)27/h7-9,11,13,16,20-21,25H,2-6,10,12,14-15,17H2,1H3,(H,26,27)/t20-,21+/m0/s1. The van der Waals surface area contributed by atoms with Crippen LogP contribution < -0.4 is 0 Å². The second-order valence-corrected chi connectivity index (χ2v) is 8.05. The topological polar surface area (TPSA) is 60.8 Å². The van der Waals surface area contributed by atoms with Crippen LogP contribution in [-0.2, 0) is 17.6 Å². The van der Waals surface area contributed by atoms with Crippen molar-refractivity contribution in [1.29, 1.82) is 0 Å². The van der Waals surface area contributed by atoms with Crippen LogP contribution in [0, 0.1) is 0 Å². The van der Waals surface area contributed by atoms with E-state index in [9.17, 15) is 9.90 Å². The summed E-state index contributed by atoms with van der Waals surface area (Å²) in [5.74, 6) is -0.717. The Morgan fingerprint density at radius 1 is 1.29 bits per heavy atom. The normalized spacial score (nSPS) is 18.1. The third kappa shape index (κ3) is 7.72. The zero-order valence-electron chi connectivity index (χ0n) is 16.8. The maximum atomic E-state index is 10.5. The van der Waals surface area contributed by atoms with E-state index in [1.165, 1.54) is 5.56 Å². The summed E-state index contributed by atoms with van der Waals surface area (Å²) in [4.78, 5) is 13.8. The molecule has 4 nitrogen and oxygen atoms in total. The van der Waals surface area contributed by atoms with Crippen LogP contribution in [0.1, 0.15) is 63.0 Å². The van der Waals surface area contributed by atoms with E-state index in [0.717, 1.165) is 62.0 Å². The Balaban J connectivity index is 1.78. The molecule has 0 saturated carbocycles. The largest absolute Gasteiger partial charge is 0.481 e. The fourth-order valence-corrected chi connectivity index (χ4v) is 4.05. The van der Waals surface area contributed by atoms with Gasteiger partial charge in [-0.25, -0.2) is 0 Å². The molecular weight excluding hydrogens is 370 g/mol. The molecule has 1 aromatic carbocycles. The molecule has 28 heavy (non-hydrogen) atoms. The molecule has 0 aliphatic carbocycles. The van der Waals surface area contributed by atoms with E-state index in [1.807, 2.05) is 6.08 Å². The maximum absolute atomic E-state index is 10.5. The highest BCUT2D eigenvalue weighted by Crippen LogP contribution is 2.22. The SMILES string of the molecule is CCc1cccc(C[C@H](O)C=C[C@H]2CCC(=S)N2CCCCCCC(=O)O)c1. The van der Waals surface area contributed by atoms with Gasteiger partial charge in [0, 0.05) is 31.8 Å². The average Bonchev–Trinajstić information content (AvgIpc) is 3.02. The second-order valence-electron chi connectivity index (χ2n) is 7.58. The molecule has 0 unspecified atom stereocenters. The lowest BCUT2D eigenvalue weighted by atomic mass is 10.0. The average molecular weight is 404 g/mol. The third-order valence-corrected chi connectivity index (χ3v) is 5.75. The number of likely N-dealkylation sites (tertiary alicyclic amines) is 1. The van der Waals surface area contributed by atoms with Crippen molar-refractivity contribution >= 4 is 23.2 Å². The number of carboxylic acids is 1. The Bertz CT molecular complexity index is 674. The lowest BCUT2D eigenvalue weighted by Crippen LogP contribution is -2.32. The first-order valence-corrected chi connectivity index (χ1v) is 10.9. The molecule has 0 aromatic heterocycles. The number of aliphatic carboxylic acids is 1. The van der Waals surface area contributed by atoms with Gasteiger partial charge in [-0.2, -0.15) is 0 Å². The highest BCUT2D eigenvalue weighted by molar-refractivity contribution is 7.80. The molecule has 2 atom stereocenters. The zero-order valence-corrected chi connectivity index (χ0v) is 17.7. The molecule has 1 aliphatic heterocycles. The van der Waals surface area contributed by atoms with E-state index in [4.69, 9.17) is 17.3 Å². The first kappa shape index (κ1) is 22.6. The molecule has 5 heteroatoms. The van der Waals surface area contributed by atoms with Crippen LogP contribution >= 0.6 is 12.2 Å². The molecular formula is C23H33NO3S. The van der Waals surface area contributed by atoms with Crippen molar-refractivity contribution in [2.24, 2.45) is 0 Å². The van der Waals surface area contributed by atoms with E-state index in [1.54, 1.807) is 0 Å². The summed E-state index contributed by atoms with van der Waals surface area (Å²) in [7, 11) is 0. The van der Waals surface area contributed by atoms with Crippen molar-refractivity contribution in [2.75, 3.05) is 6.54 Å². The molecule has 0 radical (unpaired) electrons. The predicted molar refractivity (Wildman–Crippen MR) is 118 cm³/mol. The molecule has 0 bridgehead atoms. The van der Waals surface area contributed by atoms with Gasteiger partial charge in [-0.1, -0.05) is 68.4 Å². The molecule has 1 aliphatic rings. The molecule has 154 valence electrons.